The van der Waals surface area contributed by atoms with Crippen LogP contribution in [0.1, 0.15) is 10.4 Å². The second kappa shape index (κ2) is 2.52. The van der Waals surface area contributed by atoms with Crippen LogP contribution in [0.25, 0.3) is 10.9 Å². The molecule has 1 heterocycles. The van der Waals surface area contributed by atoms with Gasteiger partial charge in [0, 0.05) is 28.4 Å². The molecule has 66 valence electrons. The van der Waals surface area contributed by atoms with Crippen molar-refractivity contribution in [3.63, 3.8) is 0 Å². The molecule has 1 amide bonds. The number of hydrogen-bond donors (Lipinski definition) is 3. The molecule has 0 saturated carbocycles. The third-order valence-corrected chi connectivity index (χ3v) is 1.99. The Hall–Kier alpha value is -1.97. The molecule has 1 aromatic carbocycles. The Balaban J connectivity index is 2.77. The average molecular weight is 175 g/mol. The Morgan fingerprint density at radius 3 is 2.85 bits per heavy atom. The summed E-state index contributed by atoms with van der Waals surface area (Å²) in [5, 5.41) is 0.907. The quantitative estimate of drug-likeness (QED) is 0.561. The van der Waals surface area contributed by atoms with E-state index in [9.17, 15) is 4.79 Å². The average Bonchev–Trinajstić information content (AvgIpc) is 2.51. The van der Waals surface area contributed by atoms with Gasteiger partial charge in [-0.25, -0.2) is 0 Å². The van der Waals surface area contributed by atoms with Crippen LogP contribution in [0.4, 0.5) is 5.69 Å². The fourth-order valence-corrected chi connectivity index (χ4v) is 1.34. The highest BCUT2D eigenvalue weighted by Gasteiger charge is 2.05. The standard InChI is InChI=1S/C9H9N3O/c10-7-3-5(9(11)13)4-8-6(7)1-2-12-8/h1-4,12H,10H2,(H2,11,13). The zero-order valence-electron chi connectivity index (χ0n) is 6.87. The second-order valence-corrected chi connectivity index (χ2v) is 2.87. The summed E-state index contributed by atoms with van der Waals surface area (Å²) in [6.45, 7) is 0. The predicted molar refractivity (Wildman–Crippen MR) is 51.2 cm³/mol. The van der Waals surface area contributed by atoms with Crippen molar-refractivity contribution in [1.82, 2.24) is 4.98 Å². The highest BCUT2D eigenvalue weighted by atomic mass is 16.1. The number of primary amides is 1. The van der Waals surface area contributed by atoms with E-state index in [1.165, 1.54) is 0 Å². The molecule has 0 saturated heterocycles. The van der Waals surface area contributed by atoms with Crippen molar-refractivity contribution < 1.29 is 4.79 Å². The highest BCUT2D eigenvalue weighted by molar-refractivity contribution is 6.01. The number of nitrogen functional groups attached to an aromatic ring is 1. The molecule has 0 spiro atoms. The van der Waals surface area contributed by atoms with Crippen molar-refractivity contribution in [3.05, 3.63) is 30.0 Å². The summed E-state index contributed by atoms with van der Waals surface area (Å²) in [5.41, 5.74) is 12.7. The van der Waals surface area contributed by atoms with E-state index in [-0.39, 0.29) is 0 Å². The summed E-state index contributed by atoms with van der Waals surface area (Å²) < 4.78 is 0. The fraction of sp³-hybridized carbons (Fsp3) is 0. The summed E-state index contributed by atoms with van der Waals surface area (Å²) >= 11 is 0. The topological polar surface area (TPSA) is 84.9 Å². The summed E-state index contributed by atoms with van der Waals surface area (Å²) in [6.07, 6.45) is 1.77. The maximum atomic E-state index is 10.9. The Morgan fingerprint density at radius 2 is 2.15 bits per heavy atom. The van der Waals surface area contributed by atoms with Crippen molar-refractivity contribution >= 4 is 22.5 Å². The van der Waals surface area contributed by atoms with Gasteiger partial charge in [0.25, 0.3) is 0 Å². The number of benzene rings is 1. The van der Waals surface area contributed by atoms with Gasteiger partial charge in [-0.05, 0) is 18.2 Å². The van der Waals surface area contributed by atoms with Crippen molar-refractivity contribution in [2.45, 2.75) is 0 Å². The number of aromatic amines is 1. The van der Waals surface area contributed by atoms with Gasteiger partial charge in [-0.2, -0.15) is 0 Å². The molecule has 4 heteroatoms. The van der Waals surface area contributed by atoms with Crippen molar-refractivity contribution in [3.8, 4) is 0 Å². The van der Waals surface area contributed by atoms with Gasteiger partial charge in [0.1, 0.15) is 0 Å². The van der Waals surface area contributed by atoms with Gasteiger partial charge in [0.2, 0.25) is 5.91 Å². The van der Waals surface area contributed by atoms with Crippen LogP contribution in [-0.2, 0) is 0 Å². The normalized spacial score (nSPS) is 10.5. The lowest BCUT2D eigenvalue weighted by molar-refractivity contribution is 0.100. The number of amides is 1. The second-order valence-electron chi connectivity index (χ2n) is 2.87. The molecular formula is C9H9N3O. The number of H-pyrrole nitrogens is 1. The number of hydrogen-bond acceptors (Lipinski definition) is 2. The molecule has 0 aliphatic carbocycles. The van der Waals surface area contributed by atoms with E-state index in [2.05, 4.69) is 4.98 Å². The lowest BCUT2D eigenvalue weighted by atomic mass is 10.1. The van der Waals surface area contributed by atoms with Crippen LogP contribution in [0.5, 0.6) is 0 Å². The molecular weight excluding hydrogens is 166 g/mol. The van der Waals surface area contributed by atoms with Gasteiger partial charge >= 0.3 is 0 Å². The highest BCUT2D eigenvalue weighted by Crippen LogP contribution is 2.21. The maximum absolute atomic E-state index is 10.9. The van der Waals surface area contributed by atoms with E-state index >= 15 is 0 Å². The first-order valence-electron chi connectivity index (χ1n) is 3.85. The molecule has 4 nitrogen and oxygen atoms in total. The third-order valence-electron chi connectivity index (χ3n) is 1.99. The van der Waals surface area contributed by atoms with Crippen molar-refractivity contribution in [2.75, 3.05) is 5.73 Å². The Bertz CT molecular complexity index is 473. The molecule has 0 radical (unpaired) electrons. The van der Waals surface area contributed by atoms with Gasteiger partial charge in [0.15, 0.2) is 0 Å². The van der Waals surface area contributed by atoms with Crippen LogP contribution in [0.15, 0.2) is 24.4 Å². The number of rotatable bonds is 1. The van der Waals surface area contributed by atoms with E-state index in [4.69, 9.17) is 11.5 Å². The molecule has 0 aliphatic rings. The van der Waals surface area contributed by atoms with E-state index in [1.807, 2.05) is 6.07 Å². The number of anilines is 1. The fourth-order valence-electron chi connectivity index (χ4n) is 1.34. The minimum absolute atomic E-state index is 0.424. The lowest BCUT2D eigenvalue weighted by Crippen LogP contribution is -2.11. The number of carbonyl (C=O) groups excluding carboxylic acids is 1. The van der Waals surface area contributed by atoms with Gasteiger partial charge in [-0.15, -0.1) is 0 Å². The van der Waals surface area contributed by atoms with Crippen LogP contribution in [0, 0.1) is 0 Å². The van der Waals surface area contributed by atoms with Gasteiger partial charge in [-0.1, -0.05) is 0 Å². The van der Waals surface area contributed by atoms with E-state index in [0.29, 0.717) is 11.3 Å². The zero-order chi connectivity index (χ0) is 9.42. The zero-order valence-corrected chi connectivity index (χ0v) is 6.87. The van der Waals surface area contributed by atoms with Gasteiger partial charge in [0.05, 0.1) is 0 Å². The monoisotopic (exact) mass is 175 g/mol. The SMILES string of the molecule is NC(=O)c1cc(N)c2cc[nH]c2c1. The molecule has 0 unspecified atom stereocenters. The molecule has 2 aromatic rings. The third kappa shape index (κ3) is 1.12. The molecule has 0 fully saturated rings. The molecule has 2 rings (SSSR count). The van der Waals surface area contributed by atoms with E-state index in [1.54, 1.807) is 18.3 Å². The maximum Gasteiger partial charge on any atom is 0.248 e. The number of nitrogens with two attached hydrogens (primary N) is 2. The van der Waals surface area contributed by atoms with Crippen LogP contribution in [-0.4, -0.2) is 10.9 Å². The van der Waals surface area contributed by atoms with Gasteiger partial charge < -0.3 is 16.5 Å². The Morgan fingerprint density at radius 1 is 1.38 bits per heavy atom. The summed E-state index contributed by atoms with van der Waals surface area (Å²) in [6, 6.07) is 5.13. The molecule has 0 atom stereocenters. The predicted octanol–water partition coefficient (Wildman–Crippen LogP) is 0.849. The summed E-state index contributed by atoms with van der Waals surface area (Å²) in [7, 11) is 0. The smallest absolute Gasteiger partial charge is 0.248 e. The molecule has 0 aliphatic heterocycles. The van der Waals surface area contributed by atoms with Crippen molar-refractivity contribution in [2.24, 2.45) is 5.73 Å². The molecule has 0 bridgehead atoms. The number of nitrogens with one attached hydrogen (secondary N) is 1. The molecule has 1 aromatic heterocycles. The van der Waals surface area contributed by atoms with Crippen LogP contribution >= 0.6 is 0 Å². The Labute approximate surface area is 74.5 Å². The Kier molecular flexibility index (Phi) is 1.48. The van der Waals surface area contributed by atoms with E-state index in [0.717, 1.165) is 10.9 Å². The summed E-state index contributed by atoms with van der Waals surface area (Å²) in [5.74, 6) is -0.469. The van der Waals surface area contributed by atoms with Crippen molar-refractivity contribution in [1.29, 1.82) is 0 Å². The van der Waals surface area contributed by atoms with Crippen LogP contribution in [0.3, 0.4) is 0 Å². The van der Waals surface area contributed by atoms with Gasteiger partial charge in [-0.3, -0.25) is 4.79 Å². The van der Waals surface area contributed by atoms with E-state index < -0.39 is 5.91 Å². The number of carbonyl (C=O) groups is 1. The largest absolute Gasteiger partial charge is 0.398 e. The number of fused-ring (bicyclic) bond motifs is 1. The minimum atomic E-state index is -0.469. The first kappa shape index (κ1) is 7.67. The van der Waals surface area contributed by atoms with Crippen LogP contribution < -0.4 is 11.5 Å². The molecule has 5 N–H and O–H groups in total. The first-order valence-corrected chi connectivity index (χ1v) is 3.85. The van der Waals surface area contributed by atoms with Crippen LogP contribution in [0.2, 0.25) is 0 Å². The molecule has 13 heavy (non-hydrogen) atoms. The number of aromatic nitrogens is 1. The first-order chi connectivity index (χ1) is 6.18. The lowest BCUT2D eigenvalue weighted by Gasteiger charge is -1.99. The summed E-state index contributed by atoms with van der Waals surface area (Å²) in [4.78, 5) is 13.8. The minimum Gasteiger partial charge on any atom is -0.398 e.